The van der Waals surface area contributed by atoms with Crippen LogP contribution in [-0.4, -0.2) is 40.5 Å². The van der Waals surface area contributed by atoms with Crippen LogP contribution < -0.4 is 5.32 Å². The molecular weight excluding hydrogens is 360 g/mol. The molecule has 112 valence electrons. The molecule has 2 rings (SSSR count). The van der Waals surface area contributed by atoms with Crippen LogP contribution in [0.3, 0.4) is 0 Å². The van der Waals surface area contributed by atoms with Gasteiger partial charge in [0.2, 0.25) is 0 Å². The van der Waals surface area contributed by atoms with Crippen LogP contribution in [0, 0.1) is 0 Å². The van der Waals surface area contributed by atoms with Crippen LogP contribution in [0.15, 0.2) is 28.7 Å². The SMILES string of the molecule is CCOC(=O)CN1C(=O)SC(Nc2ccc(Br)cc2)C1=O. The van der Waals surface area contributed by atoms with E-state index in [1.54, 1.807) is 19.1 Å². The normalized spacial score (nSPS) is 18.0. The van der Waals surface area contributed by atoms with Crippen molar-refractivity contribution in [3.8, 4) is 0 Å². The molecule has 2 amide bonds. The smallest absolute Gasteiger partial charge is 0.326 e. The van der Waals surface area contributed by atoms with Gasteiger partial charge in [-0.05, 0) is 43.0 Å². The molecule has 1 heterocycles. The summed E-state index contributed by atoms with van der Waals surface area (Å²) in [5, 5.41) is 1.78. The van der Waals surface area contributed by atoms with Gasteiger partial charge >= 0.3 is 5.97 Å². The summed E-state index contributed by atoms with van der Waals surface area (Å²) in [6.07, 6.45) is 0. The van der Waals surface area contributed by atoms with Gasteiger partial charge in [0.15, 0.2) is 5.37 Å². The minimum absolute atomic E-state index is 0.211. The molecule has 0 aliphatic carbocycles. The highest BCUT2D eigenvalue weighted by atomic mass is 79.9. The van der Waals surface area contributed by atoms with E-state index in [1.807, 2.05) is 12.1 Å². The molecule has 1 aliphatic heterocycles. The number of ether oxygens (including phenoxy) is 1. The summed E-state index contributed by atoms with van der Waals surface area (Å²) >= 11 is 4.17. The van der Waals surface area contributed by atoms with Crippen molar-refractivity contribution in [1.82, 2.24) is 4.90 Å². The van der Waals surface area contributed by atoms with Crippen molar-refractivity contribution in [3.05, 3.63) is 28.7 Å². The number of anilines is 1. The maximum Gasteiger partial charge on any atom is 0.326 e. The zero-order valence-electron chi connectivity index (χ0n) is 11.2. The Labute approximate surface area is 134 Å². The highest BCUT2D eigenvalue weighted by Gasteiger charge is 2.40. The number of hydrogen-bond donors (Lipinski definition) is 1. The van der Waals surface area contributed by atoms with Gasteiger partial charge in [0.1, 0.15) is 6.54 Å². The fourth-order valence-electron chi connectivity index (χ4n) is 1.71. The highest BCUT2D eigenvalue weighted by Crippen LogP contribution is 2.28. The molecule has 1 saturated heterocycles. The molecule has 6 nitrogen and oxygen atoms in total. The summed E-state index contributed by atoms with van der Waals surface area (Å²) in [6, 6.07) is 7.22. The quantitative estimate of drug-likeness (QED) is 0.800. The maximum atomic E-state index is 12.1. The molecule has 1 aliphatic rings. The van der Waals surface area contributed by atoms with Crippen LogP contribution in [0.5, 0.6) is 0 Å². The molecule has 1 N–H and O–H groups in total. The second-order valence-electron chi connectivity index (χ2n) is 4.14. The Hall–Kier alpha value is -1.54. The van der Waals surface area contributed by atoms with Crippen molar-refractivity contribution >= 4 is 50.5 Å². The Balaban J connectivity index is 2.00. The Morgan fingerprint density at radius 2 is 2.05 bits per heavy atom. The summed E-state index contributed by atoms with van der Waals surface area (Å²) < 4.78 is 5.66. The zero-order valence-corrected chi connectivity index (χ0v) is 13.6. The van der Waals surface area contributed by atoms with Crippen molar-refractivity contribution < 1.29 is 19.1 Å². The summed E-state index contributed by atoms with van der Waals surface area (Å²) in [5.74, 6) is -1.04. The molecule has 1 aromatic rings. The van der Waals surface area contributed by atoms with Crippen molar-refractivity contribution in [1.29, 1.82) is 0 Å². The number of esters is 1. The number of nitrogens with one attached hydrogen (secondary N) is 1. The van der Waals surface area contributed by atoms with Crippen LogP contribution in [0.2, 0.25) is 0 Å². The topological polar surface area (TPSA) is 75.7 Å². The lowest BCUT2D eigenvalue weighted by Gasteiger charge is -2.14. The molecule has 1 aromatic carbocycles. The maximum absolute atomic E-state index is 12.1. The third-order valence-electron chi connectivity index (χ3n) is 2.66. The Morgan fingerprint density at radius 3 is 2.67 bits per heavy atom. The van der Waals surface area contributed by atoms with E-state index < -0.39 is 22.5 Å². The second-order valence-corrected chi connectivity index (χ2v) is 6.12. The minimum atomic E-state index is -0.729. The fourth-order valence-corrected chi connectivity index (χ4v) is 2.88. The van der Waals surface area contributed by atoms with E-state index >= 15 is 0 Å². The Kier molecular flexibility index (Phi) is 5.24. The minimum Gasteiger partial charge on any atom is -0.465 e. The van der Waals surface area contributed by atoms with Gasteiger partial charge in [-0.25, -0.2) is 0 Å². The number of benzene rings is 1. The molecule has 0 radical (unpaired) electrons. The third-order valence-corrected chi connectivity index (χ3v) is 4.17. The predicted octanol–water partition coefficient (Wildman–Crippen LogP) is 2.45. The van der Waals surface area contributed by atoms with E-state index in [1.165, 1.54) is 0 Å². The Bertz CT molecular complexity index is 564. The first-order valence-corrected chi connectivity index (χ1v) is 7.88. The van der Waals surface area contributed by atoms with Crippen LogP contribution in [0.1, 0.15) is 6.92 Å². The van der Waals surface area contributed by atoms with Gasteiger partial charge in [-0.3, -0.25) is 19.3 Å². The van der Waals surface area contributed by atoms with Gasteiger partial charge in [-0.15, -0.1) is 0 Å². The van der Waals surface area contributed by atoms with E-state index in [-0.39, 0.29) is 13.2 Å². The third kappa shape index (κ3) is 3.98. The average Bonchev–Trinajstić information content (AvgIpc) is 2.69. The van der Waals surface area contributed by atoms with Gasteiger partial charge in [0, 0.05) is 10.2 Å². The lowest BCUT2D eigenvalue weighted by molar-refractivity contribution is -0.146. The largest absolute Gasteiger partial charge is 0.465 e. The summed E-state index contributed by atoms with van der Waals surface area (Å²) in [6.45, 7) is 1.53. The number of carbonyl (C=O) groups is 3. The summed E-state index contributed by atoms with van der Waals surface area (Å²) in [7, 11) is 0. The van der Waals surface area contributed by atoms with E-state index in [0.29, 0.717) is 0 Å². The summed E-state index contributed by atoms with van der Waals surface area (Å²) in [5.41, 5.74) is 0.717. The van der Waals surface area contributed by atoms with Crippen LogP contribution in [0.4, 0.5) is 10.5 Å². The van der Waals surface area contributed by atoms with Gasteiger partial charge < -0.3 is 10.1 Å². The molecule has 8 heteroatoms. The number of hydrogen-bond acceptors (Lipinski definition) is 6. The number of halogens is 1. The van der Waals surface area contributed by atoms with Crippen molar-refractivity contribution in [2.45, 2.75) is 12.3 Å². The molecule has 0 spiro atoms. The lowest BCUT2D eigenvalue weighted by Crippen LogP contribution is -2.38. The van der Waals surface area contributed by atoms with Crippen LogP contribution in [-0.2, 0) is 14.3 Å². The molecule has 0 bridgehead atoms. The number of carbonyl (C=O) groups excluding carboxylic acids is 3. The van der Waals surface area contributed by atoms with Crippen LogP contribution in [0.25, 0.3) is 0 Å². The number of imide groups is 1. The van der Waals surface area contributed by atoms with E-state index in [4.69, 9.17) is 4.74 Å². The van der Waals surface area contributed by atoms with Crippen LogP contribution >= 0.6 is 27.7 Å². The predicted molar refractivity (Wildman–Crippen MR) is 82.9 cm³/mol. The first-order chi connectivity index (χ1) is 10.0. The van der Waals surface area contributed by atoms with Crippen molar-refractivity contribution in [2.24, 2.45) is 0 Å². The standard InChI is InChI=1S/C13H13BrN2O4S/c1-2-20-10(17)7-16-12(18)11(21-13(16)19)15-9-5-3-8(14)4-6-9/h3-6,11,15H,2,7H2,1H3. The van der Waals surface area contributed by atoms with Gasteiger partial charge in [0.05, 0.1) is 6.61 Å². The molecule has 1 fully saturated rings. The van der Waals surface area contributed by atoms with Crippen molar-refractivity contribution in [3.63, 3.8) is 0 Å². The molecular formula is C13H13BrN2O4S. The number of amides is 2. The molecule has 21 heavy (non-hydrogen) atoms. The zero-order chi connectivity index (χ0) is 15.4. The average molecular weight is 373 g/mol. The van der Waals surface area contributed by atoms with Gasteiger partial charge in [0.25, 0.3) is 11.1 Å². The Morgan fingerprint density at radius 1 is 1.38 bits per heavy atom. The van der Waals surface area contributed by atoms with E-state index in [9.17, 15) is 14.4 Å². The van der Waals surface area contributed by atoms with Gasteiger partial charge in [-0.2, -0.15) is 0 Å². The molecule has 1 atom stereocenters. The first-order valence-electron chi connectivity index (χ1n) is 6.21. The fraction of sp³-hybridized carbons (Fsp3) is 0.308. The highest BCUT2D eigenvalue weighted by molar-refractivity contribution is 9.10. The number of nitrogens with zero attached hydrogens (tertiary/aromatic N) is 1. The monoisotopic (exact) mass is 372 g/mol. The summed E-state index contributed by atoms with van der Waals surface area (Å²) in [4.78, 5) is 36.2. The molecule has 0 saturated carbocycles. The number of rotatable bonds is 5. The second kappa shape index (κ2) is 6.95. The van der Waals surface area contributed by atoms with Crippen molar-refractivity contribution in [2.75, 3.05) is 18.5 Å². The van der Waals surface area contributed by atoms with E-state index in [0.717, 1.165) is 26.8 Å². The van der Waals surface area contributed by atoms with E-state index in [2.05, 4.69) is 21.2 Å². The first kappa shape index (κ1) is 15.8. The molecule has 1 unspecified atom stereocenters. The number of thioether (sulfide) groups is 1. The lowest BCUT2D eigenvalue weighted by atomic mass is 10.3. The molecule has 0 aromatic heterocycles. The van der Waals surface area contributed by atoms with Gasteiger partial charge in [-0.1, -0.05) is 15.9 Å².